The van der Waals surface area contributed by atoms with Crippen LogP contribution in [0.3, 0.4) is 0 Å². The molecule has 0 bridgehead atoms. The number of anilines is 3. The van der Waals surface area contributed by atoms with E-state index < -0.39 is 0 Å². The molecule has 2 heteroatoms. The Hall–Kier alpha value is -5.60. The topological polar surface area (TPSA) is 16.4 Å². The van der Waals surface area contributed by atoms with Crippen molar-refractivity contribution < 1.29 is 4.42 Å². The van der Waals surface area contributed by atoms with Gasteiger partial charge in [-0.1, -0.05) is 137 Å². The number of hydrogen-bond donors (Lipinski definition) is 0. The molecule has 0 atom stereocenters. The van der Waals surface area contributed by atoms with Crippen LogP contribution in [-0.4, -0.2) is 0 Å². The molecule has 50 heavy (non-hydrogen) atoms. The molecule has 0 unspecified atom stereocenters. The largest absolute Gasteiger partial charge is 0.455 e. The molecule has 0 saturated heterocycles. The summed E-state index contributed by atoms with van der Waals surface area (Å²) in [5.41, 5.74) is 13.2. The fraction of sp³-hybridized carbons (Fsp3) is 0.167. The molecule has 1 aliphatic carbocycles. The van der Waals surface area contributed by atoms with E-state index in [0.717, 1.165) is 39.4 Å². The molecule has 0 N–H and O–H groups in total. The van der Waals surface area contributed by atoms with Crippen LogP contribution in [0.25, 0.3) is 55.0 Å². The highest BCUT2D eigenvalue weighted by molar-refractivity contribution is 6.11. The van der Waals surface area contributed by atoms with Crippen molar-refractivity contribution in [2.75, 3.05) is 4.90 Å². The molecular weight excluding hydrogens is 607 g/mol. The van der Waals surface area contributed by atoms with Gasteiger partial charge in [-0.05, 0) is 93.8 Å². The smallest absolute Gasteiger partial charge is 0.143 e. The molecular formula is C48H41NO. The summed E-state index contributed by atoms with van der Waals surface area (Å²) in [7, 11) is 0. The van der Waals surface area contributed by atoms with Crippen LogP contribution in [-0.2, 0) is 10.8 Å². The van der Waals surface area contributed by atoms with Crippen LogP contribution in [0, 0.1) is 0 Å². The van der Waals surface area contributed by atoms with Crippen molar-refractivity contribution in [3.05, 3.63) is 163 Å². The molecule has 9 rings (SSSR count). The third-order valence-corrected chi connectivity index (χ3v) is 11.1. The molecule has 0 amide bonds. The van der Waals surface area contributed by atoms with Gasteiger partial charge in [-0.15, -0.1) is 0 Å². The number of fused-ring (bicyclic) bond motifs is 5. The lowest BCUT2D eigenvalue weighted by Gasteiger charge is -2.41. The van der Waals surface area contributed by atoms with Crippen LogP contribution in [0.1, 0.15) is 51.7 Å². The quantitative estimate of drug-likeness (QED) is 0.185. The lowest BCUT2D eigenvalue weighted by atomic mass is 9.63. The van der Waals surface area contributed by atoms with Crippen molar-refractivity contribution in [1.82, 2.24) is 0 Å². The average molecular weight is 648 g/mol. The first-order valence-electron chi connectivity index (χ1n) is 17.8. The molecule has 2 nitrogen and oxygen atoms in total. The minimum atomic E-state index is 0.131. The van der Waals surface area contributed by atoms with Gasteiger partial charge < -0.3 is 9.32 Å². The Kier molecular flexibility index (Phi) is 7.00. The van der Waals surface area contributed by atoms with Crippen LogP contribution in [0.4, 0.5) is 17.1 Å². The van der Waals surface area contributed by atoms with Crippen molar-refractivity contribution in [3.8, 4) is 22.3 Å². The maximum Gasteiger partial charge on any atom is 0.143 e. The van der Waals surface area contributed by atoms with E-state index in [1.165, 1.54) is 56.6 Å². The fourth-order valence-corrected chi connectivity index (χ4v) is 8.23. The maximum atomic E-state index is 6.80. The monoisotopic (exact) mass is 647 g/mol. The number of nitrogens with zero attached hydrogens (tertiary/aromatic N) is 1. The van der Waals surface area contributed by atoms with Crippen LogP contribution in [0.5, 0.6) is 0 Å². The zero-order valence-electron chi connectivity index (χ0n) is 29.2. The van der Waals surface area contributed by atoms with Crippen molar-refractivity contribution in [2.45, 2.75) is 51.4 Å². The molecule has 1 aliphatic rings. The van der Waals surface area contributed by atoms with E-state index >= 15 is 0 Å². The van der Waals surface area contributed by atoms with E-state index in [1.807, 2.05) is 0 Å². The van der Waals surface area contributed by atoms with Crippen molar-refractivity contribution in [1.29, 1.82) is 0 Å². The van der Waals surface area contributed by atoms with Crippen LogP contribution in [0.15, 0.2) is 156 Å². The molecule has 244 valence electrons. The SMILES string of the molecule is CC1(C)CCC(C)(C)c2cc3c(cc21)oc1c(-c2ccc4c(N(c5ccccc5)c5ccccc5-c5ccccc5)cccc4c2)cccc13. The van der Waals surface area contributed by atoms with E-state index in [2.05, 4.69) is 184 Å². The van der Waals surface area contributed by atoms with E-state index in [0.29, 0.717) is 0 Å². The lowest BCUT2D eigenvalue weighted by Crippen LogP contribution is -2.33. The minimum Gasteiger partial charge on any atom is -0.455 e. The standard InChI is InChI=1S/C48H41NO/c1-47(2)27-28-48(3,4)42-31-45-40(30-41(42)47)39-22-14-21-38(46(39)50-45)34-25-26-37-33(29-34)17-13-24-44(37)49(35-18-9-6-10-19-35)43-23-12-11-20-36(43)32-15-7-5-8-16-32/h5-26,29-31H,27-28H2,1-4H3. The van der Waals surface area contributed by atoms with Gasteiger partial charge in [0.1, 0.15) is 11.2 Å². The highest BCUT2D eigenvalue weighted by Gasteiger charge is 2.37. The molecule has 1 aromatic heterocycles. The van der Waals surface area contributed by atoms with E-state index in [1.54, 1.807) is 0 Å². The zero-order valence-corrected chi connectivity index (χ0v) is 29.2. The Balaban J connectivity index is 1.21. The van der Waals surface area contributed by atoms with Gasteiger partial charge in [-0.25, -0.2) is 0 Å². The van der Waals surface area contributed by atoms with Gasteiger partial charge in [0.15, 0.2) is 0 Å². The normalized spacial score (nSPS) is 15.0. The Bertz CT molecular complexity index is 2540. The van der Waals surface area contributed by atoms with E-state index in [4.69, 9.17) is 4.42 Å². The highest BCUT2D eigenvalue weighted by Crippen LogP contribution is 2.49. The van der Waals surface area contributed by atoms with Gasteiger partial charge in [0, 0.05) is 33.0 Å². The van der Waals surface area contributed by atoms with Gasteiger partial charge in [0.25, 0.3) is 0 Å². The number of benzene rings is 7. The lowest BCUT2D eigenvalue weighted by molar-refractivity contribution is 0.332. The molecule has 0 spiro atoms. The number of para-hydroxylation sites is 3. The van der Waals surface area contributed by atoms with Gasteiger partial charge in [-0.2, -0.15) is 0 Å². The summed E-state index contributed by atoms with van der Waals surface area (Å²) in [6, 6.07) is 54.9. The van der Waals surface area contributed by atoms with Crippen molar-refractivity contribution in [3.63, 3.8) is 0 Å². The first-order chi connectivity index (χ1) is 24.3. The Morgan fingerprint density at radius 2 is 1.12 bits per heavy atom. The molecule has 8 aromatic rings. The first kappa shape index (κ1) is 30.5. The van der Waals surface area contributed by atoms with E-state index in [9.17, 15) is 0 Å². The summed E-state index contributed by atoms with van der Waals surface area (Å²) in [6.07, 6.45) is 2.38. The predicted molar refractivity (Wildman–Crippen MR) is 212 cm³/mol. The number of rotatable bonds is 5. The van der Waals surface area contributed by atoms with Gasteiger partial charge in [0.2, 0.25) is 0 Å². The zero-order chi connectivity index (χ0) is 34.0. The number of furan rings is 1. The summed E-state index contributed by atoms with van der Waals surface area (Å²) in [6.45, 7) is 9.54. The minimum absolute atomic E-state index is 0.131. The molecule has 7 aromatic carbocycles. The van der Waals surface area contributed by atoms with Crippen molar-refractivity contribution >= 4 is 49.8 Å². The Morgan fingerprint density at radius 3 is 1.90 bits per heavy atom. The molecule has 0 radical (unpaired) electrons. The molecule has 0 fully saturated rings. The predicted octanol–water partition coefficient (Wildman–Crippen LogP) is 13.9. The van der Waals surface area contributed by atoms with Crippen molar-refractivity contribution in [2.24, 2.45) is 0 Å². The van der Waals surface area contributed by atoms with Gasteiger partial charge in [-0.3, -0.25) is 0 Å². The second-order valence-electron chi connectivity index (χ2n) is 15.2. The molecule has 0 saturated carbocycles. The first-order valence-corrected chi connectivity index (χ1v) is 17.8. The average Bonchev–Trinajstić information content (AvgIpc) is 3.52. The highest BCUT2D eigenvalue weighted by atomic mass is 16.3. The molecule has 1 heterocycles. The summed E-state index contributed by atoms with van der Waals surface area (Å²) in [4.78, 5) is 2.40. The van der Waals surface area contributed by atoms with Crippen LogP contribution in [0.2, 0.25) is 0 Å². The van der Waals surface area contributed by atoms with Crippen LogP contribution < -0.4 is 4.90 Å². The maximum absolute atomic E-state index is 6.80. The third kappa shape index (κ3) is 4.93. The summed E-state index contributed by atoms with van der Waals surface area (Å²) >= 11 is 0. The summed E-state index contributed by atoms with van der Waals surface area (Å²) < 4.78 is 6.80. The van der Waals surface area contributed by atoms with E-state index in [-0.39, 0.29) is 10.8 Å². The second-order valence-corrected chi connectivity index (χ2v) is 15.2. The Labute approximate surface area is 294 Å². The second kappa shape index (κ2) is 11.5. The van der Waals surface area contributed by atoms with Gasteiger partial charge >= 0.3 is 0 Å². The van der Waals surface area contributed by atoms with Gasteiger partial charge in [0.05, 0.1) is 11.4 Å². The third-order valence-electron chi connectivity index (χ3n) is 11.1. The van der Waals surface area contributed by atoms with Crippen LogP contribution >= 0.6 is 0 Å². The summed E-state index contributed by atoms with van der Waals surface area (Å²) in [5, 5.41) is 4.77. The molecule has 0 aliphatic heterocycles. The summed E-state index contributed by atoms with van der Waals surface area (Å²) in [5.74, 6) is 0. The number of hydrogen-bond acceptors (Lipinski definition) is 2. The fourth-order valence-electron chi connectivity index (χ4n) is 8.23. The Morgan fingerprint density at radius 1 is 0.480 bits per heavy atom.